The van der Waals surface area contributed by atoms with Gasteiger partial charge in [0.15, 0.2) is 0 Å². The zero-order valence-electron chi connectivity index (χ0n) is 22.3. The fraction of sp³-hybridized carbons (Fsp3) is 0.400. The molecule has 0 aliphatic heterocycles. The molecule has 5 rings (SSSR count). The minimum Gasteiger partial charge on any atom is -0.214 e. The van der Waals surface area contributed by atoms with E-state index in [-0.39, 0.29) is 24.8 Å². The molecule has 0 N–H and O–H groups in total. The van der Waals surface area contributed by atoms with Gasteiger partial charge in [-0.2, -0.15) is 47.1 Å². The van der Waals surface area contributed by atoms with Crippen molar-refractivity contribution in [3.8, 4) is 11.1 Å². The molecule has 0 radical (unpaired) electrons. The first kappa shape index (κ1) is 32.6. The summed E-state index contributed by atoms with van der Waals surface area (Å²) in [5.41, 5.74) is 5.79. The van der Waals surface area contributed by atoms with Crippen LogP contribution in [-0.2, 0) is 30.7 Å². The van der Waals surface area contributed by atoms with Crippen molar-refractivity contribution in [1.29, 1.82) is 0 Å². The average Bonchev–Trinajstić information content (AvgIpc) is 3.44. The van der Waals surface area contributed by atoms with Gasteiger partial charge >= 0.3 is 59.5 Å². The predicted molar refractivity (Wildman–Crippen MR) is 150 cm³/mol. The van der Waals surface area contributed by atoms with E-state index < -0.39 is 16.1 Å². The van der Waals surface area contributed by atoms with Crippen molar-refractivity contribution >= 4 is 29.7 Å². The van der Waals surface area contributed by atoms with E-state index in [1.54, 1.807) is 32.6 Å². The van der Waals surface area contributed by atoms with Crippen molar-refractivity contribution in [2.75, 3.05) is 0 Å². The number of hydrogen-bond donors (Lipinski definition) is 0. The molecule has 0 heterocycles. The van der Waals surface area contributed by atoms with Crippen LogP contribution in [-0.4, -0.2) is 19.4 Å². The second kappa shape index (κ2) is 14.5. The Morgan fingerprint density at radius 3 is 1.80 bits per heavy atom. The molecule has 0 saturated heterocycles. The number of benzene rings is 2. The van der Waals surface area contributed by atoms with Gasteiger partial charge in [0.25, 0.3) is 0 Å². The molecule has 0 aromatic heterocycles. The number of fused-ring (bicyclic) bond motifs is 3. The van der Waals surface area contributed by atoms with E-state index in [1.165, 1.54) is 59.5 Å². The van der Waals surface area contributed by atoms with E-state index in [0.717, 1.165) is 6.42 Å². The summed E-state index contributed by atoms with van der Waals surface area (Å²) in [4.78, 5) is 0. The van der Waals surface area contributed by atoms with Crippen LogP contribution < -0.4 is 35.2 Å². The summed E-state index contributed by atoms with van der Waals surface area (Å²) < 4.78 is 1.80. The second-order valence-corrected chi connectivity index (χ2v) is 23.3. The minimum absolute atomic E-state index is 0. The number of hydrogen-bond acceptors (Lipinski definition) is 0. The third-order valence-corrected chi connectivity index (χ3v) is 11.8. The molecule has 0 amide bonds. The Hall–Kier alpha value is -0.443. The Morgan fingerprint density at radius 1 is 0.771 bits per heavy atom. The SMILES string of the molecule is C[Si](C)(C)c1c[c-]c2c(c1)-c1cc([Si](C)(C)C)ccc1C2.[Cl-].[Cl-].[Zr+2]=[C]1CCCCC1.c1cc[cH-]c1. The molecule has 3 aromatic carbocycles. The van der Waals surface area contributed by atoms with E-state index in [9.17, 15) is 0 Å². The van der Waals surface area contributed by atoms with E-state index in [2.05, 4.69) is 75.7 Å². The Balaban J connectivity index is 0.000000360. The molecular weight excluding hydrogens is 579 g/mol. The summed E-state index contributed by atoms with van der Waals surface area (Å²) in [6, 6.07) is 25.5. The zero-order valence-corrected chi connectivity index (χ0v) is 28.2. The van der Waals surface area contributed by atoms with E-state index in [1.807, 2.05) is 30.3 Å². The number of rotatable bonds is 2. The second-order valence-electron chi connectivity index (χ2n) is 11.5. The van der Waals surface area contributed by atoms with Crippen molar-refractivity contribution in [2.24, 2.45) is 0 Å². The Bertz CT molecular complexity index is 974. The smallest absolute Gasteiger partial charge is 0.172 e. The van der Waals surface area contributed by atoms with Crippen molar-refractivity contribution < 1.29 is 49.0 Å². The van der Waals surface area contributed by atoms with Crippen LogP contribution >= 0.6 is 0 Å². The first-order chi connectivity index (χ1) is 15.6. The summed E-state index contributed by atoms with van der Waals surface area (Å²) in [7, 11) is -2.52. The Kier molecular flexibility index (Phi) is 13.5. The number of halogens is 2. The molecule has 0 atom stereocenters. The molecule has 35 heavy (non-hydrogen) atoms. The maximum absolute atomic E-state index is 3.58. The van der Waals surface area contributed by atoms with Crippen molar-refractivity contribution in [3.63, 3.8) is 0 Å². The van der Waals surface area contributed by atoms with Crippen molar-refractivity contribution in [2.45, 2.75) is 77.8 Å². The van der Waals surface area contributed by atoms with Gasteiger partial charge in [-0.3, -0.25) is 0 Å². The van der Waals surface area contributed by atoms with Crippen LogP contribution in [0.15, 0.2) is 60.7 Å². The van der Waals surface area contributed by atoms with E-state index in [4.69, 9.17) is 0 Å². The molecule has 0 spiro atoms. The van der Waals surface area contributed by atoms with Crippen LogP contribution in [0.25, 0.3) is 11.1 Å². The summed E-state index contributed by atoms with van der Waals surface area (Å²) >= 11 is 1.69. The van der Waals surface area contributed by atoms with Gasteiger partial charge in [0, 0.05) is 8.07 Å². The molecule has 0 bridgehead atoms. The molecule has 0 nitrogen and oxygen atoms in total. The fourth-order valence-electron chi connectivity index (χ4n) is 4.28. The predicted octanol–water partition coefficient (Wildman–Crippen LogP) is 1.23. The minimum atomic E-state index is -1.27. The van der Waals surface area contributed by atoms with Gasteiger partial charge in [-0.05, 0) is 6.42 Å². The molecule has 3 aromatic rings. The maximum atomic E-state index is 3.58. The molecule has 1 saturated carbocycles. The van der Waals surface area contributed by atoms with Crippen LogP contribution in [0.3, 0.4) is 0 Å². The van der Waals surface area contributed by atoms with E-state index >= 15 is 0 Å². The van der Waals surface area contributed by atoms with Crippen LogP contribution in [0.2, 0.25) is 39.3 Å². The first-order valence-corrected chi connectivity index (χ1v) is 20.7. The summed E-state index contributed by atoms with van der Waals surface area (Å²) in [5, 5.41) is 3.08. The van der Waals surface area contributed by atoms with Gasteiger partial charge in [0.1, 0.15) is 0 Å². The standard InChI is InChI=1S/C19H25Si2.C6H10.C5H5.2ClH.Zr/c1-20(2,3)16-9-7-14-11-15-8-10-17(21(4,5)6)13-19(15)18(14)12-16;1-2-4-6-5-3-1;1-2-4-5-3-1;;;/h7,9-10,12-13H,11H2,1-6H3;1-5H2;1-5H;2*1H;/q-1;;-1;;;+2/p-2. The van der Waals surface area contributed by atoms with Crippen LogP contribution in [0.4, 0.5) is 0 Å². The topological polar surface area (TPSA) is 0 Å². The van der Waals surface area contributed by atoms with Crippen molar-refractivity contribution in [1.82, 2.24) is 0 Å². The summed E-state index contributed by atoms with van der Waals surface area (Å²) in [5.74, 6) is 0. The quantitative estimate of drug-likeness (QED) is 0.234. The first-order valence-electron chi connectivity index (χ1n) is 12.5. The summed E-state index contributed by atoms with van der Waals surface area (Å²) in [6.07, 6.45) is 8.37. The maximum Gasteiger partial charge on any atom is -0.172 e. The molecular formula is C30H40Cl2Si2Zr-2. The molecule has 5 heteroatoms. The molecule has 0 unspecified atom stereocenters. The van der Waals surface area contributed by atoms with Gasteiger partial charge in [-0.15, -0.1) is 5.56 Å². The Labute approximate surface area is 243 Å². The monoisotopic (exact) mass is 616 g/mol. The fourth-order valence-corrected chi connectivity index (χ4v) is 7.40. The van der Waals surface area contributed by atoms with Crippen molar-refractivity contribution in [3.05, 3.63) is 77.9 Å². The Morgan fingerprint density at radius 2 is 1.34 bits per heavy atom. The van der Waals surface area contributed by atoms with Gasteiger partial charge in [-0.1, -0.05) is 73.8 Å². The molecule has 188 valence electrons. The van der Waals surface area contributed by atoms with Gasteiger partial charge in [-0.25, -0.2) is 12.1 Å². The van der Waals surface area contributed by atoms with Gasteiger partial charge in [0.05, 0.1) is 8.07 Å². The third-order valence-electron chi connectivity index (χ3n) is 6.54. The molecule has 1 fully saturated rings. The van der Waals surface area contributed by atoms with Crippen LogP contribution in [0.1, 0.15) is 43.2 Å². The third kappa shape index (κ3) is 9.75. The van der Waals surface area contributed by atoms with Gasteiger partial charge < -0.3 is 24.8 Å². The van der Waals surface area contributed by atoms with Gasteiger partial charge in [0.2, 0.25) is 0 Å². The zero-order chi connectivity index (χ0) is 24.1. The normalized spacial score (nSPS) is 14.1. The molecule has 2 aliphatic rings. The van der Waals surface area contributed by atoms with Crippen LogP contribution in [0, 0.1) is 6.07 Å². The average molecular weight is 619 g/mol. The van der Waals surface area contributed by atoms with Crippen LogP contribution in [0.5, 0.6) is 0 Å². The molecule has 2 aliphatic carbocycles. The summed E-state index contributed by atoms with van der Waals surface area (Å²) in [6.45, 7) is 14.5. The largest absolute Gasteiger partial charge is 0.214 e. The van der Waals surface area contributed by atoms with E-state index in [0.29, 0.717) is 0 Å².